The molecule has 0 bridgehead atoms. The van der Waals surface area contributed by atoms with Gasteiger partial charge in [0, 0.05) is 18.1 Å². The van der Waals surface area contributed by atoms with Crippen LogP contribution in [-0.4, -0.2) is 22.2 Å². The van der Waals surface area contributed by atoms with Gasteiger partial charge in [0.15, 0.2) is 0 Å². The van der Waals surface area contributed by atoms with Crippen molar-refractivity contribution in [1.82, 2.24) is 4.57 Å². The average Bonchev–Trinajstić information content (AvgIpc) is 2.81. The van der Waals surface area contributed by atoms with Crippen LogP contribution in [-0.2, 0) is 26.9 Å². The molecule has 0 aliphatic rings. The smallest absolute Gasteiger partial charge is 0.302 e. The van der Waals surface area contributed by atoms with Gasteiger partial charge in [-0.2, -0.15) is 0 Å². The Balaban J connectivity index is 2.62. The maximum absolute atomic E-state index is 12.8. The average molecular weight is 418 g/mol. The first kappa shape index (κ1) is 22.9. The molecule has 0 unspecified atom stereocenters. The molecule has 29 heavy (non-hydrogen) atoms. The van der Waals surface area contributed by atoms with Crippen molar-refractivity contribution in [3.05, 3.63) is 48.4 Å². The Morgan fingerprint density at radius 1 is 1.17 bits per heavy atom. The van der Waals surface area contributed by atoms with Crippen molar-refractivity contribution in [3.63, 3.8) is 0 Å². The van der Waals surface area contributed by atoms with Gasteiger partial charge in [-0.25, -0.2) is 0 Å². The fourth-order valence-corrected chi connectivity index (χ4v) is 4.04. The maximum atomic E-state index is 12.8. The molecule has 5 nitrogen and oxygen atoms in total. The molecule has 1 aromatic heterocycles. The predicted molar refractivity (Wildman–Crippen MR) is 119 cm³/mol. The molecule has 1 aromatic carbocycles. The van der Waals surface area contributed by atoms with Gasteiger partial charge in [0.05, 0.1) is 15.7 Å². The van der Waals surface area contributed by atoms with E-state index in [1.54, 1.807) is 0 Å². The Morgan fingerprint density at radius 3 is 2.14 bits per heavy atom. The summed E-state index contributed by atoms with van der Waals surface area (Å²) in [6.07, 6.45) is 1.84. The predicted octanol–water partition coefficient (Wildman–Crippen LogP) is 3.01. The second kappa shape index (κ2) is 8.19. The number of aromatic hydroxyl groups is 1. The lowest BCUT2D eigenvalue weighted by Crippen LogP contribution is -2.32. The van der Waals surface area contributed by atoms with Crippen LogP contribution in [0.15, 0.2) is 16.9 Å². The Bertz CT molecular complexity index is 1040. The van der Waals surface area contributed by atoms with Crippen molar-refractivity contribution in [2.75, 3.05) is 6.61 Å². The van der Waals surface area contributed by atoms with Gasteiger partial charge in [0.2, 0.25) is 0 Å². The number of thiazole rings is 1. The summed E-state index contributed by atoms with van der Waals surface area (Å²) in [7, 11) is 0. The standard InChI is InChI=1S/C23H31NO4S/c1-14-24(9-10-28-15(2)25)21(27)19(29-14)13-16-11-17(22(3,4)5)20(26)18(12-16)23(6,7)8/h11-13,26H,1,9-10H2,2-8H3. The fourth-order valence-electron chi connectivity index (χ4n) is 3.10. The van der Waals surface area contributed by atoms with Crippen LogP contribution in [0.5, 0.6) is 5.75 Å². The highest BCUT2D eigenvalue weighted by atomic mass is 32.1. The van der Waals surface area contributed by atoms with Crippen LogP contribution in [0.3, 0.4) is 0 Å². The second-order valence-electron chi connectivity index (χ2n) is 9.27. The van der Waals surface area contributed by atoms with Crippen molar-refractivity contribution >= 4 is 30.0 Å². The number of rotatable bonds is 4. The third-order valence-electron chi connectivity index (χ3n) is 4.65. The molecule has 6 heteroatoms. The van der Waals surface area contributed by atoms with Gasteiger partial charge in [0.25, 0.3) is 5.56 Å². The van der Waals surface area contributed by atoms with Crippen molar-refractivity contribution < 1.29 is 14.6 Å². The Kier molecular flexibility index (Phi) is 6.48. The highest BCUT2D eigenvalue weighted by molar-refractivity contribution is 7.07. The minimum atomic E-state index is -0.376. The summed E-state index contributed by atoms with van der Waals surface area (Å²) in [6, 6.07) is 3.88. The number of hydrogen-bond acceptors (Lipinski definition) is 5. The summed E-state index contributed by atoms with van der Waals surface area (Å²) in [4.78, 5) is 23.8. The van der Waals surface area contributed by atoms with Crippen LogP contribution in [0.25, 0.3) is 12.7 Å². The zero-order valence-corrected chi connectivity index (χ0v) is 19.2. The van der Waals surface area contributed by atoms with Gasteiger partial charge < -0.3 is 9.84 Å². The first-order chi connectivity index (χ1) is 13.2. The summed E-state index contributed by atoms with van der Waals surface area (Å²) < 4.78 is 7.64. The molecule has 0 amide bonds. The van der Waals surface area contributed by atoms with E-state index in [0.717, 1.165) is 16.7 Å². The number of esters is 1. The SMILES string of the molecule is C=c1sc(=Cc2cc(C(C)(C)C)c(O)c(C(C)(C)C)c2)c(=O)n1CCOC(C)=O. The molecule has 1 heterocycles. The number of nitrogens with zero attached hydrogens (tertiary/aromatic N) is 1. The number of phenols is 1. The molecule has 158 valence electrons. The van der Waals surface area contributed by atoms with Crippen molar-refractivity contribution in [1.29, 1.82) is 0 Å². The zero-order chi connectivity index (χ0) is 22.1. The molecule has 0 fully saturated rings. The number of hydrogen-bond donors (Lipinski definition) is 1. The number of benzene rings is 1. The summed E-state index contributed by atoms with van der Waals surface area (Å²) in [5.41, 5.74) is 1.91. The molecule has 0 saturated carbocycles. The molecule has 0 radical (unpaired) electrons. The van der Waals surface area contributed by atoms with Gasteiger partial charge in [0.1, 0.15) is 12.4 Å². The molecule has 0 aliphatic heterocycles. The molecular formula is C23H31NO4S. The van der Waals surface area contributed by atoms with Crippen LogP contribution in [0.4, 0.5) is 0 Å². The van der Waals surface area contributed by atoms with E-state index in [2.05, 4.69) is 48.1 Å². The summed E-state index contributed by atoms with van der Waals surface area (Å²) in [5.74, 6) is -0.0656. The number of phenolic OH excluding ortho intramolecular Hbond substituents is 1. The molecule has 0 atom stereocenters. The highest BCUT2D eigenvalue weighted by Crippen LogP contribution is 2.39. The van der Waals surface area contributed by atoms with E-state index in [1.165, 1.54) is 22.8 Å². The topological polar surface area (TPSA) is 68.5 Å². The normalized spacial score (nSPS) is 13.0. The van der Waals surface area contributed by atoms with Crippen LogP contribution in [0.1, 0.15) is 65.2 Å². The molecule has 0 spiro atoms. The van der Waals surface area contributed by atoms with Crippen LogP contribution < -0.4 is 14.8 Å². The summed E-state index contributed by atoms with van der Waals surface area (Å²) in [5, 5.41) is 10.9. The lowest BCUT2D eigenvalue weighted by atomic mass is 9.78. The van der Waals surface area contributed by atoms with Crippen molar-refractivity contribution in [2.45, 2.75) is 65.8 Å². The zero-order valence-electron chi connectivity index (χ0n) is 18.4. The van der Waals surface area contributed by atoms with E-state index >= 15 is 0 Å². The molecular weight excluding hydrogens is 386 g/mol. The lowest BCUT2D eigenvalue weighted by molar-refractivity contribution is -0.141. The second-order valence-corrected chi connectivity index (χ2v) is 10.4. The third-order valence-corrected chi connectivity index (χ3v) is 5.62. The largest absolute Gasteiger partial charge is 0.507 e. The van der Waals surface area contributed by atoms with E-state index in [0.29, 0.717) is 14.9 Å². The lowest BCUT2D eigenvalue weighted by Gasteiger charge is -2.27. The quantitative estimate of drug-likeness (QED) is 0.777. The first-order valence-corrected chi connectivity index (χ1v) is 10.4. The van der Waals surface area contributed by atoms with Gasteiger partial charge in [-0.1, -0.05) is 48.1 Å². The number of aromatic nitrogens is 1. The van der Waals surface area contributed by atoms with E-state index in [-0.39, 0.29) is 35.5 Å². The summed E-state index contributed by atoms with van der Waals surface area (Å²) in [6.45, 7) is 18.0. The van der Waals surface area contributed by atoms with Gasteiger partial charge >= 0.3 is 5.97 Å². The monoisotopic (exact) mass is 417 g/mol. The molecule has 1 N–H and O–H groups in total. The third kappa shape index (κ3) is 5.38. The van der Waals surface area contributed by atoms with Crippen LogP contribution >= 0.6 is 11.3 Å². The van der Waals surface area contributed by atoms with Crippen molar-refractivity contribution in [3.8, 4) is 5.75 Å². The first-order valence-electron chi connectivity index (χ1n) is 9.63. The van der Waals surface area contributed by atoms with Gasteiger partial charge in [-0.05, 0) is 34.6 Å². The van der Waals surface area contributed by atoms with Crippen LogP contribution in [0, 0.1) is 0 Å². The van der Waals surface area contributed by atoms with Gasteiger partial charge in [-0.3, -0.25) is 14.2 Å². The number of ether oxygens (including phenoxy) is 1. The minimum Gasteiger partial charge on any atom is -0.507 e. The van der Waals surface area contributed by atoms with E-state index in [9.17, 15) is 14.7 Å². The van der Waals surface area contributed by atoms with E-state index in [4.69, 9.17) is 4.74 Å². The fraction of sp³-hybridized carbons (Fsp3) is 0.478. The number of carbonyl (C=O) groups excluding carboxylic acids is 1. The Hall–Kier alpha value is -2.34. The Labute approximate surface area is 176 Å². The summed E-state index contributed by atoms with van der Waals surface area (Å²) >= 11 is 1.31. The van der Waals surface area contributed by atoms with Crippen molar-refractivity contribution in [2.24, 2.45) is 0 Å². The van der Waals surface area contributed by atoms with E-state index < -0.39 is 0 Å². The molecule has 2 aromatic rings. The van der Waals surface area contributed by atoms with E-state index in [1.807, 2.05) is 18.2 Å². The molecule has 0 saturated heterocycles. The molecule has 0 aliphatic carbocycles. The maximum Gasteiger partial charge on any atom is 0.302 e. The minimum absolute atomic E-state index is 0.134. The highest BCUT2D eigenvalue weighted by Gasteiger charge is 2.26. The Morgan fingerprint density at radius 2 is 1.69 bits per heavy atom. The molecule has 2 rings (SSSR count). The number of carbonyl (C=O) groups is 1. The van der Waals surface area contributed by atoms with Gasteiger partial charge in [-0.15, -0.1) is 11.3 Å². The van der Waals surface area contributed by atoms with Crippen LogP contribution in [0.2, 0.25) is 0 Å².